The zero-order valence-corrected chi connectivity index (χ0v) is 15.2. The van der Waals surface area contributed by atoms with Crippen LogP contribution in [0.4, 0.5) is 10.1 Å². The van der Waals surface area contributed by atoms with Crippen LogP contribution in [0.1, 0.15) is 12.0 Å². The van der Waals surface area contributed by atoms with Crippen molar-refractivity contribution in [2.75, 3.05) is 31.1 Å². The number of amides is 1. The van der Waals surface area contributed by atoms with Crippen molar-refractivity contribution in [2.45, 2.75) is 6.42 Å². The summed E-state index contributed by atoms with van der Waals surface area (Å²) in [5.41, 5.74) is 1.16. The molecule has 4 rings (SSSR count). The number of carbonyl (C=O) groups is 1. The van der Waals surface area contributed by atoms with Gasteiger partial charge in [0, 0.05) is 43.4 Å². The Bertz CT molecular complexity index is 988. The van der Waals surface area contributed by atoms with Crippen LogP contribution in [-0.4, -0.2) is 47.1 Å². The van der Waals surface area contributed by atoms with E-state index in [2.05, 4.69) is 22.5 Å². The molecule has 0 aliphatic carbocycles. The van der Waals surface area contributed by atoms with Crippen LogP contribution < -0.4 is 4.90 Å². The fourth-order valence-corrected chi connectivity index (χ4v) is 4.22. The first-order valence-electron chi connectivity index (χ1n) is 9.00. The molecule has 0 atom stereocenters. The van der Waals surface area contributed by atoms with E-state index >= 15 is 0 Å². The Hall–Kier alpha value is -3.40. The SMILES string of the molecule is C=CC(=O)N1CC2(CCN(c3cncc(-c4c(O)cccc4F)c3C#N)C2)C1. The molecule has 0 unspecified atom stereocenters. The molecule has 7 heteroatoms. The Morgan fingerprint density at radius 3 is 2.82 bits per heavy atom. The van der Waals surface area contributed by atoms with E-state index in [4.69, 9.17) is 0 Å². The maximum absolute atomic E-state index is 14.3. The number of anilines is 1. The van der Waals surface area contributed by atoms with Crippen LogP contribution in [0.5, 0.6) is 5.75 Å². The third kappa shape index (κ3) is 2.78. The number of pyridine rings is 1. The average Bonchev–Trinajstić information content (AvgIpc) is 3.11. The van der Waals surface area contributed by atoms with Crippen LogP contribution >= 0.6 is 0 Å². The van der Waals surface area contributed by atoms with Crippen LogP contribution in [0.15, 0.2) is 43.2 Å². The molecule has 3 heterocycles. The van der Waals surface area contributed by atoms with Crippen molar-refractivity contribution in [2.24, 2.45) is 5.41 Å². The van der Waals surface area contributed by atoms with Gasteiger partial charge in [0.15, 0.2) is 0 Å². The van der Waals surface area contributed by atoms with Crippen LogP contribution in [0.25, 0.3) is 11.1 Å². The Balaban J connectivity index is 1.65. The maximum Gasteiger partial charge on any atom is 0.245 e. The molecule has 142 valence electrons. The van der Waals surface area contributed by atoms with Crippen molar-refractivity contribution in [3.8, 4) is 22.9 Å². The van der Waals surface area contributed by atoms with Gasteiger partial charge in [0.2, 0.25) is 5.91 Å². The Morgan fingerprint density at radius 2 is 2.14 bits per heavy atom. The summed E-state index contributed by atoms with van der Waals surface area (Å²) in [6, 6.07) is 6.20. The van der Waals surface area contributed by atoms with Gasteiger partial charge < -0.3 is 14.9 Å². The summed E-state index contributed by atoms with van der Waals surface area (Å²) in [7, 11) is 0. The summed E-state index contributed by atoms with van der Waals surface area (Å²) in [6.45, 7) is 6.26. The minimum Gasteiger partial charge on any atom is -0.507 e. The van der Waals surface area contributed by atoms with Gasteiger partial charge in [-0.2, -0.15) is 5.26 Å². The third-order valence-corrected chi connectivity index (χ3v) is 5.62. The summed E-state index contributed by atoms with van der Waals surface area (Å²) in [5.74, 6) is -0.905. The number of phenolic OH excluding ortho intramolecular Hbond substituents is 1. The summed E-state index contributed by atoms with van der Waals surface area (Å²) in [4.78, 5) is 19.7. The molecule has 1 N–H and O–H groups in total. The molecule has 2 aliphatic heterocycles. The highest BCUT2D eigenvalue weighted by atomic mass is 19.1. The van der Waals surface area contributed by atoms with Crippen molar-refractivity contribution in [3.05, 3.63) is 54.6 Å². The molecule has 28 heavy (non-hydrogen) atoms. The van der Waals surface area contributed by atoms with E-state index in [1.165, 1.54) is 30.5 Å². The standard InChI is InChI=1S/C21H19FN4O2/c1-2-19(28)26-12-21(13-26)6-7-25(11-21)17-10-24-9-15(14(17)8-23)20-16(22)4-3-5-18(20)27/h2-5,9-10,27H,1,6-7,11-13H2. The minimum atomic E-state index is -0.606. The lowest BCUT2D eigenvalue weighted by Gasteiger charge is -2.47. The molecule has 6 nitrogen and oxygen atoms in total. The van der Waals surface area contributed by atoms with Crippen LogP contribution in [0, 0.1) is 22.6 Å². The first-order chi connectivity index (χ1) is 13.5. The number of nitriles is 1. The molecule has 0 saturated carbocycles. The number of hydrogen-bond donors (Lipinski definition) is 1. The van der Waals surface area contributed by atoms with Gasteiger partial charge in [0.1, 0.15) is 17.6 Å². The molecular weight excluding hydrogens is 359 g/mol. The Labute approximate surface area is 162 Å². The zero-order valence-electron chi connectivity index (χ0n) is 15.2. The molecule has 2 aromatic rings. The zero-order chi connectivity index (χ0) is 19.9. The van der Waals surface area contributed by atoms with Gasteiger partial charge in [0.25, 0.3) is 0 Å². The van der Waals surface area contributed by atoms with Crippen molar-refractivity contribution >= 4 is 11.6 Å². The second-order valence-electron chi connectivity index (χ2n) is 7.40. The molecule has 0 bridgehead atoms. The number of rotatable bonds is 3. The fraction of sp³-hybridized carbons (Fsp3) is 0.286. The van der Waals surface area contributed by atoms with Crippen molar-refractivity contribution < 1.29 is 14.3 Å². The molecule has 2 saturated heterocycles. The van der Waals surface area contributed by atoms with Gasteiger partial charge in [0.05, 0.1) is 23.0 Å². The highest BCUT2D eigenvalue weighted by Crippen LogP contribution is 2.43. The number of phenols is 1. The molecule has 1 amide bonds. The highest BCUT2D eigenvalue weighted by Gasteiger charge is 2.49. The van der Waals surface area contributed by atoms with Crippen molar-refractivity contribution in [1.29, 1.82) is 5.26 Å². The Kier molecular flexibility index (Phi) is 4.27. The number of benzene rings is 1. The van der Waals surface area contributed by atoms with Crippen LogP contribution in [0.2, 0.25) is 0 Å². The highest BCUT2D eigenvalue weighted by molar-refractivity contribution is 5.88. The number of aromatic nitrogens is 1. The van der Waals surface area contributed by atoms with Crippen molar-refractivity contribution in [1.82, 2.24) is 9.88 Å². The second kappa shape index (κ2) is 6.64. The minimum absolute atomic E-state index is 0.00152. The predicted octanol–water partition coefficient (Wildman–Crippen LogP) is 2.69. The van der Waals surface area contributed by atoms with Crippen molar-refractivity contribution in [3.63, 3.8) is 0 Å². The maximum atomic E-state index is 14.3. The fourth-order valence-electron chi connectivity index (χ4n) is 4.22. The smallest absolute Gasteiger partial charge is 0.245 e. The quantitative estimate of drug-likeness (QED) is 0.831. The van der Waals surface area contributed by atoms with E-state index in [-0.39, 0.29) is 33.8 Å². The molecule has 1 spiro atoms. The monoisotopic (exact) mass is 378 g/mol. The number of halogens is 1. The first kappa shape index (κ1) is 18.0. The number of nitrogens with zero attached hydrogens (tertiary/aromatic N) is 4. The molecule has 1 aromatic heterocycles. The first-order valence-corrected chi connectivity index (χ1v) is 9.00. The van der Waals surface area contributed by atoms with Gasteiger partial charge >= 0.3 is 0 Å². The van der Waals surface area contributed by atoms with Gasteiger partial charge in [-0.1, -0.05) is 12.6 Å². The lowest BCUT2D eigenvalue weighted by molar-refractivity contribution is -0.136. The molecule has 2 aliphatic rings. The number of hydrogen-bond acceptors (Lipinski definition) is 5. The van der Waals surface area contributed by atoms with E-state index in [0.29, 0.717) is 25.3 Å². The molecular formula is C21H19FN4O2. The number of carbonyl (C=O) groups excluding carboxylic acids is 1. The van der Waals surface area contributed by atoms with E-state index < -0.39 is 5.82 Å². The molecule has 1 aromatic carbocycles. The predicted molar refractivity (Wildman–Crippen MR) is 102 cm³/mol. The lowest BCUT2D eigenvalue weighted by atomic mass is 9.79. The van der Waals surface area contributed by atoms with Crippen LogP contribution in [0.3, 0.4) is 0 Å². The lowest BCUT2D eigenvalue weighted by Crippen LogP contribution is -2.59. The van der Waals surface area contributed by atoms with E-state index in [0.717, 1.165) is 13.0 Å². The molecule has 2 fully saturated rings. The van der Waals surface area contributed by atoms with Gasteiger partial charge in [-0.05, 0) is 24.6 Å². The summed E-state index contributed by atoms with van der Waals surface area (Å²) < 4.78 is 14.3. The van der Waals surface area contributed by atoms with E-state index in [1.54, 1.807) is 11.1 Å². The average molecular weight is 378 g/mol. The normalized spacial score (nSPS) is 17.3. The second-order valence-corrected chi connectivity index (χ2v) is 7.40. The Morgan fingerprint density at radius 1 is 1.36 bits per heavy atom. The third-order valence-electron chi connectivity index (χ3n) is 5.62. The van der Waals surface area contributed by atoms with E-state index in [1.807, 2.05) is 0 Å². The van der Waals surface area contributed by atoms with Gasteiger partial charge in [-0.3, -0.25) is 9.78 Å². The topological polar surface area (TPSA) is 80.5 Å². The number of likely N-dealkylation sites (tertiary alicyclic amines) is 1. The van der Waals surface area contributed by atoms with Crippen LogP contribution in [-0.2, 0) is 4.79 Å². The summed E-state index contributed by atoms with van der Waals surface area (Å²) in [5, 5.41) is 19.9. The largest absolute Gasteiger partial charge is 0.507 e. The van der Waals surface area contributed by atoms with Gasteiger partial charge in [-0.15, -0.1) is 0 Å². The van der Waals surface area contributed by atoms with E-state index in [9.17, 15) is 19.6 Å². The summed E-state index contributed by atoms with van der Waals surface area (Å²) in [6.07, 6.45) is 5.22. The van der Waals surface area contributed by atoms with Gasteiger partial charge in [-0.25, -0.2) is 4.39 Å². The summed E-state index contributed by atoms with van der Waals surface area (Å²) >= 11 is 0. The number of aromatic hydroxyl groups is 1. The molecule has 0 radical (unpaired) electrons.